The highest BCUT2D eigenvalue weighted by Gasteiger charge is 2.28. The van der Waals surface area contributed by atoms with Crippen molar-refractivity contribution in [1.82, 2.24) is 5.32 Å². The van der Waals surface area contributed by atoms with E-state index >= 15 is 0 Å². The molecule has 8 nitrogen and oxygen atoms in total. The van der Waals surface area contributed by atoms with Gasteiger partial charge in [-0.25, -0.2) is 4.57 Å². The summed E-state index contributed by atoms with van der Waals surface area (Å²) in [4.78, 5) is 23.4. The fourth-order valence-corrected chi connectivity index (χ4v) is 10.9. The van der Waals surface area contributed by atoms with Crippen LogP contribution in [0.15, 0.2) is 72.9 Å². The molecule has 3 unspecified atom stereocenters. The second kappa shape index (κ2) is 62.5. The number of likely N-dealkylation sites (N-methyl/N-ethyl adjacent to an activating group) is 1. The van der Waals surface area contributed by atoms with E-state index in [1.54, 1.807) is 6.08 Å². The average Bonchev–Trinajstić information content (AvgIpc) is 3.43. The molecule has 9 heteroatoms. The molecule has 0 heterocycles. The van der Waals surface area contributed by atoms with Crippen LogP contribution in [0.2, 0.25) is 0 Å². The minimum atomic E-state index is -4.37. The van der Waals surface area contributed by atoms with Gasteiger partial charge in [-0.3, -0.25) is 13.8 Å². The Bertz CT molecular complexity index is 1550. The predicted octanol–water partition coefficient (Wildman–Crippen LogP) is 22.2. The molecule has 0 aromatic carbocycles. The molecule has 0 saturated heterocycles. The molecule has 0 radical (unpaired) electrons. The first-order valence-corrected chi connectivity index (χ1v) is 36.3. The lowest BCUT2D eigenvalue weighted by Crippen LogP contribution is -2.45. The molecule has 0 aliphatic heterocycles. The van der Waals surface area contributed by atoms with Crippen LogP contribution in [0.4, 0.5) is 0 Å². The summed E-state index contributed by atoms with van der Waals surface area (Å²) in [5.41, 5.74) is 0. The summed E-state index contributed by atoms with van der Waals surface area (Å²) in [5, 5.41) is 14.0. The number of phosphoric acid groups is 1. The molecular weight excluding hydrogens is 1020 g/mol. The number of aliphatic hydroxyl groups excluding tert-OH is 1. The van der Waals surface area contributed by atoms with E-state index in [0.717, 1.165) is 57.8 Å². The Hall–Kier alpha value is -2.06. The number of nitrogens with one attached hydrogen (secondary N) is 1. The van der Waals surface area contributed by atoms with E-state index in [0.29, 0.717) is 17.4 Å². The number of hydrogen-bond donors (Lipinski definition) is 3. The van der Waals surface area contributed by atoms with Crippen LogP contribution in [0.1, 0.15) is 328 Å². The number of aliphatic hydroxyl groups is 1. The first-order valence-electron chi connectivity index (χ1n) is 34.8. The summed E-state index contributed by atoms with van der Waals surface area (Å²) in [7, 11) is 1.55. The number of nitrogens with zero attached hydrogens (tertiary/aromatic N) is 1. The number of allylic oxidation sites excluding steroid dienone is 11. The third-order valence-electron chi connectivity index (χ3n) is 15.6. The predicted molar refractivity (Wildman–Crippen MR) is 355 cm³/mol. The van der Waals surface area contributed by atoms with E-state index in [1.807, 2.05) is 27.2 Å². The van der Waals surface area contributed by atoms with Crippen molar-refractivity contribution in [2.45, 2.75) is 341 Å². The zero-order valence-electron chi connectivity index (χ0n) is 54.3. The van der Waals surface area contributed by atoms with Gasteiger partial charge in [0.25, 0.3) is 0 Å². The summed E-state index contributed by atoms with van der Waals surface area (Å²) in [5.74, 6) is -0.190. The number of carbonyl (C=O) groups excluding carboxylic acids is 1. The number of phosphoric ester groups is 1. The highest BCUT2D eigenvalue weighted by atomic mass is 31.2. The fourth-order valence-electron chi connectivity index (χ4n) is 10.2. The Kier molecular flexibility index (Phi) is 60.9. The number of carbonyl (C=O) groups is 1. The van der Waals surface area contributed by atoms with Gasteiger partial charge >= 0.3 is 7.82 Å². The second-order valence-corrected chi connectivity index (χ2v) is 26.3. The lowest BCUT2D eigenvalue weighted by molar-refractivity contribution is -0.870. The Labute approximate surface area is 504 Å². The molecule has 0 spiro atoms. The van der Waals surface area contributed by atoms with Gasteiger partial charge in [-0.2, -0.15) is 0 Å². The molecule has 81 heavy (non-hydrogen) atoms. The first kappa shape index (κ1) is 78.9. The van der Waals surface area contributed by atoms with Gasteiger partial charge in [-0.15, -0.1) is 0 Å². The van der Waals surface area contributed by atoms with Crippen molar-refractivity contribution in [1.29, 1.82) is 0 Å². The molecule has 0 aromatic heterocycles. The number of amides is 1. The summed E-state index contributed by atoms with van der Waals surface area (Å²) < 4.78 is 23.8. The zero-order valence-corrected chi connectivity index (χ0v) is 55.2. The molecule has 0 aromatic rings. The zero-order chi connectivity index (χ0) is 59.1. The van der Waals surface area contributed by atoms with E-state index < -0.39 is 20.0 Å². The maximum Gasteiger partial charge on any atom is 0.472 e. The van der Waals surface area contributed by atoms with E-state index in [4.69, 9.17) is 9.05 Å². The van der Waals surface area contributed by atoms with Gasteiger partial charge < -0.3 is 19.8 Å². The first-order chi connectivity index (χ1) is 39.5. The fraction of sp³-hybridized carbons (Fsp3) is 0.819. The molecule has 3 atom stereocenters. The molecule has 0 bridgehead atoms. The maximum atomic E-state index is 13.0. The molecule has 0 aliphatic carbocycles. The Morgan fingerprint density at radius 3 is 1.07 bits per heavy atom. The standard InChI is InChI=1S/C72H135N2O6P/c1-6-8-10-12-14-16-18-20-22-24-26-28-30-32-34-36-38-39-41-43-45-47-49-51-53-55-57-59-61-63-65-71(75)70(69-80-81(77,78)79-68-67-74(3,4)5)73-72(76)66-64-62-60-58-56-54-52-50-48-46-44-42-40-37-35-33-31-29-27-25-23-21-19-17-15-13-11-9-7-2/h19,21,25,27,31,33,47,49,55,57,63,65,70-71,75H,6-18,20,22-24,26,28-30,32,34-46,48,50-54,56,58-62,64,66-69H2,1-5H3,(H-,73,76,77,78)/p+1/b21-19-,27-25-,33-31-,49-47+,57-55+,65-63+. The third kappa shape index (κ3) is 65.3. The van der Waals surface area contributed by atoms with E-state index in [2.05, 4.69) is 79.9 Å². The lowest BCUT2D eigenvalue weighted by Gasteiger charge is -2.25. The number of unbranched alkanes of at least 4 members (excludes halogenated alkanes) is 41. The van der Waals surface area contributed by atoms with Gasteiger partial charge in [-0.05, 0) is 83.5 Å². The molecule has 0 saturated carbocycles. The van der Waals surface area contributed by atoms with Gasteiger partial charge in [0, 0.05) is 6.42 Å². The van der Waals surface area contributed by atoms with Crippen molar-refractivity contribution in [3.05, 3.63) is 72.9 Å². The Morgan fingerprint density at radius 1 is 0.420 bits per heavy atom. The molecular formula is C72H136N2O6P+. The van der Waals surface area contributed by atoms with Crippen LogP contribution in [-0.2, 0) is 18.4 Å². The van der Waals surface area contributed by atoms with Crippen LogP contribution in [0, 0.1) is 0 Å². The lowest BCUT2D eigenvalue weighted by atomic mass is 10.0. The summed E-state index contributed by atoms with van der Waals surface area (Å²) in [6.45, 7) is 4.81. The van der Waals surface area contributed by atoms with E-state index in [-0.39, 0.29) is 19.1 Å². The number of quaternary nitrogens is 1. The van der Waals surface area contributed by atoms with Gasteiger partial charge in [-0.1, -0.05) is 311 Å². The molecule has 474 valence electrons. The Morgan fingerprint density at radius 2 is 0.716 bits per heavy atom. The number of hydrogen-bond acceptors (Lipinski definition) is 5. The van der Waals surface area contributed by atoms with Crippen molar-refractivity contribution in [3.63, 3.8) is 0 Å². The summed E-state index contributed by atoms with van der Waals surface area (Å²) >= 11 is 0. The van der Waals surface area contributed by atoms with Crippen LogP contribution in [0.5, 0.6) is 0 Å². The summed E-state index contributed by atoms with van der Waals surface area (Å²) in [6, 6.07) is -0.875. The largest absolute Gasteiger partial charge is 0.472 e. The third-order valence-corrected chi connectivity index (χ3v) is 16.6. The van der Waals surface area contributed by atoms with Crippen LogP contribution < -0.4 is 5.32 Å². The summed E-state index contributed by atoms with van der Waals surface area (Å²) in [6.07, 6.45) is 87.7. The van der Waals surface area contributed by atoms with Crippen LogP contribution in [-0.4, -0.2) is 73.4 Å². The van der Waals surface area contributed by atoms with Crippen LogP contribution in [0.3, 0.4) is 0 Å². The SMILES string of the molecule is CCCCCCC/C=C\C/C=C\C/C=C\CCCCCCCCCCCCCCCCC(=O)NC(COP(=O)(O)OCC[N+](C)(C)C)C(O)/C=C/CC/C=C/CC/C=C/CCCCCCCCCCCCCCCCCCCCCC. The van der Waals surface area contributed by atoms with Gasteiger partial charge in [0.1, 0.15) is 13.2 Å². The van der Waals surface area contributed by atoms with Crippen LogP contribution in [0.25, 0.3) is 0 Å². The molecule has 0 rings (SSSR count). The van der Waals surface area contributed by atoms with Crippen molar-refractivity contribution in [2.24, 2.45) is 0 Å². The molecule has 3 N–H and O–H groups in total. The average molecular weight is 1160 g/mol. The van der Waals surface area contributed by atoms with Gasteiger partial charge in [0.05, 0.1) is 39.9 Å². The highest BCUT2D eigenvalue weighted by molar-refractivity contribution is 7.47. The smallest absolute Gasteiger partial charge is 0.387 e. The molecule has 0 aliphatic rings. The minimum Gasteiger partial charge on any atom is -0.387 e. The monoisotopic (exact) mass is 1160 g/mol. The molecule has 1 amide bonds. The maximum absolute atomic E-state index is 13.0. The Balaban J connectivity index is 4.15. The van der Waals surface area contributed by atoms with Gasteiger partial charge in [0.2, 0.25) is 5.91 Å². The molecule has 0 fully saturated rings. The van der Waals surface area contributed by atoms with Crippen molar-refractivity contribution < 1.29 is 32.9 Å². The van der Waals surface area contributed by atoms with Crippen molar-refractivity contribution in [2.75, 3.05) is 40.9 Å². The second-order valence-electron chi connectivity index (χ2n) is 24.9. The number of rotatable bonds is 64. The van der Waals surface area contributed by atoms with E-state index in [1.165, 1.54) is 250 Å². The minimum absolute atomic E-state index is 0.0517. The van der Waals surface area contributed by atoms with Crippen molar-refractivity contribution >= 4 is 13.7 Å². The topological polar surface area (TPSA) is 105 Å². The normalized spacial score (nSPS) is 14.1. The van der Waals surface area contributed by atoms with Crippen LogP contribution >= 0.6 is 7.82 Å². The van der Waals surface area contributed by atoms with Crippen molar-refractivity contribution in [3.8, 4) is 0 Å². The highest BCUT2D eigenvalue weighted by Crippen LogP contribution is 2.43. The van der Waals surface area contributed by atoms with Gasteiger partial charge in [0.15, 0.2) is 0 Å². The quantitative estimate of drug-likeness (QED) is 0.0243. The van der Waals surface area contributed by atoms with E-state index in [9.17, 15) is 19.4 Å².